The second-order valence-electron chi connectivity index (χ2n) is 21.0. The lowest BCUT2D eigenvalue weighted by Crippen LogP contribution is -2.45. The van der Waals surface area contributed by atoms with Crippen LogP contribution in [0.5, 0.6) is 0 Å². The molecule has 1 amide bonds. The van der Waals surface area contributed by atoms with Crippen LogP contribution in [0.25, 0.3) is 0 Å². The molecule has 0 aliphatic rings. The maximum atomic E-state index is 12.4. The molecule has 0 fully saturated rings. The third kappa shape index (κ3) is 55.2. The molecule has 0 saturated carbocycles. The van der Waals surface area contributed by atoms with Gasteiger partial charge >= 0.3 is 5.97 Å². The van der Waals surface area contributed by atoms with Crippen LogP contribution in [0.4, 0.5) is 0 Å². The number of esters is 1. The van der Waals surface area contributed by atoms with Crippen LogP contribution in [-0.4, -0.2) is 47.4 Å². The number of amides is 1. The standard InChI is InChI=1S/C63H119NO5/c1-3-5-7-9-11-13-15-17-19-29-33-37-41-45-49-53-57-63(68)69-58-54-50-46-42-38-34-30-27-25-23-21-20-22-24-26-28-32-36-40-44-48-52-56-62(67)64-60(59-65)61(66)55-51-47-43-39-35-31-18-16-14-12-10-8-6-4-2/h19,22,24,29,51,55,60-61,65-66H,3-18,20-21,23,25-28,30-50,52-54,56-59H2,1-2H3,(H,64,67)/b24-22-,29-19-,55-51+. The molecule has 0 aliphatic carbocycles. The van der Waals surface area contributed by atoms with E-state index >= 15 is 0 Å². The predicted molar refractivity (Wildman–Crippen MR) is 301 cm³/mol. The van der Waals surface area contributed by atoms with Crippen molar-refractivity contribution in [2.45, 2.75) is 341 Å². The lowest BCUT2D eigenvalue weighted by molar-refractivity contribution is -0.143. The van der Waals surface area contributed by atoms with E-state index in [0.717, 1.165) is 51.4 Å². The molecule has 0 rings (SSSR count). The number of carbonyl (C=O) groups is 2. The Morgan fingerprint density at radius 3 is 1.03 bits per heavy atom. The van der Waals surface area contributed by atoms with Gasteiger partial charge in [0, 0.05) is 12.8 Å². The summed E-state index contributed by atoms with van der Waals surface area (Å²) in [4.78, 5) is 24.5. The molecule has 0 aromatic rings. The summed E-state index contributed by atoms with van der Waals surface area (Å²) in [6.45, 7) is 4.90. The van der Waals surface area contributed by atoms with Crippen molar-refractivity contribution in [2.75, 3.05) is 13.2 Å². The third-order valence-corrected chi connectivity index (χ3v) is 14.1. The molecule has 0 spiro atoms. The first-order chi connectivity index (χ1) is 34.0. The van der Waals surface area contributed by atoms with Gasteiger partial charge in [-0.05, 0) is 83.5 Å². The monoisotopic (exact) mass is 970 g/mol. The summed E-state index contributed by atoms with van der Waals surface area (Å²) in [6.07, 6.45) is 73.2. The van der Waals surface area contributed by atoms with E-state index < -0.39 is 12.1 Å². The SMILES string of the molecule is CCCCCCCCC/C=C\CCCCCCCC(=O)OCCCCCCCCCCCCC/C=C\CCCCCCCCCC(=O)NC(CO)C(O)/C=C/CCCCCCCCCCCCCC. The first kappa shape index (κ1) is 67.1. The molecule has 406 valence electrons. The Morgan fingerprint density at radius 2 is 0.681 bits per heavy atom. The molecule has 0 aromatic heterocycles. The van der Waals surface area contributed by atoms with Crippen LogP contribution >= 0.6 is 0 Å². The Morgan fingerprint density at radius 1 is 0.391 bits per heavy atom. The summed E-state index contributed by atoms with van der Waals surface area (Å²) < 4.78 is 5.48. The molecule has 2 unspecified atom stereocenters. The highest BCUT2D eigenvalue weighted by Gasteiger charge is 2.18. The number of rotatable bonds is 57. The molecular formula is C63H119NO5. The Kier molecular flexibility index (Phi) is 57.0. The number of allylic oxidation sites excluding steroid dienone is 5. The van der Waals surface area contributed by atoms with Crippen molar-refractivity contribution in [3.05, 3.63) is 36.5 Å². The van der Waals surface area contributed by atoms with Crippen LogP contribution in [0, 0.1) is 0 Å². The van der Waals surface area contributed by atoms with E-state index in [2.05, 4.69) is 43.5 Å². The summed E-state index contributed by atoms with van der Waals surface area (Å²) in [5, 5.41) is 23.1. The zero-order chi connectivity index (χ0) is 50.0. The highest BCUT2D eigenvalue weighted by Crippen LogP contribution is 2.16. The highest BCUT2D eigenvalue weighted by molar-refractivity contribution is 5.76. The van der Waals surface area contributed by atoms with E-state index in [9.17, 15) is 19.8 Å². The fourth-order valence-corrected chi connectivity index (χ4v) is 9.39. The number of ether oxygens (including phenoxy) is 1. The number of hydrogen-bond donors (Lipinski definition) is 3. The molecule has 0 bridgehead atoms. The van der Waals surface area contributed by atoms with E-state index in [1.54, 1.807) is 6.08 Å². The van der Waals surface area contributed by atoms with Crippen LogP contribution in [0.1, 0.15) is 328 Å². The predicted octanol–water partition coefficient (Wildman–Crippen LogP) is 19.2. The molecule has 0 aromatic carbocycles. The zero-order valence-corrected chi connectivity index (χ0v) is 46.3. The fourth-order valence-electron chi connectivity index (χ4n) is 9.39. The second-order valence-corrected chi connectivity index (χ2v) is 21.0. The number of nitrogens with one attached hydrogen (secondary N) is 1. The van der Waals surface area contributed by atoms with Crippen molar-refractivity contribution in [1.82, 2.24) is 5.32 Å². The first-order valence-electron chi connectivity index (χ1n) is 30.8. The maximum Gasteiger partial charge on any atom is 0.305 e. The van der Waals surface area contributed by atoms with Gasteiger partial charge in [-0.2, -0.15) is 0 Å². The molecule has 0 radical (unpaired) electrons. The van der Waals surface area contributed by atoms with Crippen molar-refractivity contribution in [2.24, 2.45) is 0 Å². The highest BCUT2D eigenvalue weighted by atomic mass is 16.5. The minimum absolute atomic E-state index is 0.00194. The van der Waals surface area contributed by atoms with Gasteiger partial charge in [0.15, 0.2) is 0 Å². The number of aliphatic hydroxyl groups is 2. The molecule has 0 saturated heterocycles. The molecule has 0 heterocycles. The third-order valence-electron chi connectivity index (χ3n) is 14.1. The topological polar surface area (TPSA) is 95.9 Å². The van der Waals surface area contributed by atoms with Gasteiger partial charge < -0.3 is 20.3 Å². The lowest BCUT2D eigenvalue weighted by Gasteiger charge is -2.20. The molecule has 6 nitrogen and oxygen atoms in total. The van der Waals surface area contributed by atoms with Crippen molar-refractivity contribution < 1.29 is 24.5 Å². The quantitative estimate of drug-likeness (QED) is 0.0321. The molecule has 3 N–H and O–H groups in total. The minimum Gasteiger partial charge on any atom is -0.466 e. The fraction of sp³-hybridized carbons (Fsp3) is 0.873. The zero-order valence-electron chi connectivity index (χ0n) is 46.3. The molecule has 2 atom stereocenters. The van der Waals surface area contributed by atoms with Gasteiger partial charge in [0.05, 0.1) is 25.4 Å². The van der Waals surface area contributed by atoms with Crippen molar-refractivity contribution in [3.8, 4) is 0 Å². The van der Waals surface area contributed by atoms with Crippen LogP contribution in [-0.2, 0) is 14.3 Å². The van der Waals surface area contributed by atoms with Crippen molar-refractivity contribution in [3.63, 3.8) is 0 Å². The van der Waals surface area contributed by atoms with Gasteiger partial charge in [-0.25, -0.2) is 0 Å². The lowest BCUT2D eigenvalue weighted by atomic mass is 10.0. The van der Waals surface area contributed by atoms with E-state index in [4.69, 9.17) is 4.74 Å². The normalized spacial score (nSPS) is 12.8. The molecule has 69 heavy (non-hydrogen) atoms. The van der Waals surface area contributed by atoms with Crippen LogP contribution in [0.15, 0.2) is 36.5 Å². The summed E-state index contributed by atoms with van der Waals surface area (Å²) in [5.41, 5.74) is 0. The molecule has 6 heteroatoms. The number of aliphatic hydroxyl groups excluding tert-OH is 2. The second kappa shape index (κ2) is 58.6. The summed E-state index contributed by atoms with van der Waals surface area (Å²) >= 11 is 0. The van der Waals surface area contributed by atoms with Gasteiger partial charge in [0.2, 0.25) is 5.91 Å². The Labute approximate surface area is 430 Å². The Bertz CT molecular complexity index is 1120. The van der Waals surface area contributed by atoms with E-state index in [1.807, 2.05) is 6.08 Å². The minimum atomic E-state index is -0.848. The van der Waals surface area contributed by atoms with Crippen LogP contribution in [0.3, 0.4) is 0 Å². The molecule has 0 aliphatic heterocycles. The average molecular weight is 971 g/mol. The maximum absolute atomic E-state index is 12.4. The van der Waals surface area contributed by atoms with Gasteiger partial charge in [0.25, 0.3) is 0 Å². The van der Waals surface area contributed by atoms with Gasteiger partial charge in [-0.1, -0.05) is 269 Å². The first-order valence-corrected chi connectivity index (χ1v) is 30.8. The summed E-state index contributed by atoms with van der Waals surface area (Å²) in [6, 6.07) is -0.633. The van der Waals surface area contributed by atoms with E-state index in [0.29, 0.717) is 19.4 Å². The van der Waals surface area contributed by atoms with Gasteiger partial charge in [-0.3, -0.25) is 9.59 Å². The van der Waals surface area contributed by atoms with Crippen LogP contribution in [0.2, 0.25) is 0 Å². The largest absolute Gasteiger partial charge is 0.466 e. The van der Waals surface area contributed by atoms with Gasteiger partial charge in [-0.15, -0.1) is 0 Å². The number of unbranched alkanes of at least 4 members (excludes halogenated alkanes) is 42. The number of carbonyl (C=O) groups excluding carboxylic acids is 2. The number of hydrogen-bond acceptors (Lipinski definition) is 5. The Balaban J connectivity index is 3.43. The molecular weight excluding hydrogens is 851 g/mol. The van der Waals surface area contributed by atoms with E-state index in [-0.39, 0.29) is 18.5 Å². The van der Waals surface area contributed by atoms with Crippen molar-refractivity contribution >= 4 is 11.9 Å². The smallest absolute Gasteiger partial charge is 0.305 e. The average Bonchev–Trinajstić information content (AvgIpc) is 3.35. The summed E-state index contributed by atoms with van der Waals surface area (Å²) in [7, 11) is 0. The Hall–Kier alpha value is -1.92. The summed E-state index contributed by atoms with van der Waals surface area (Å²) in [5.74, 6) is -0.0726. The van der Waals surface area contributed by atoms with Crippen LogP contribution < -0.4 is 5.32 Å². The van der Waals surface area contributed by atoms with Crippen molar-refractivity contribution in [1.29, 1.82) is 0 Å². The van der Waals surface area contributed by atoms with Gasteiger partial charge in [0.1, 0.15) is 0 Å². The van der Waals surface area contributed by atoms with E-state index in [1.165, 1.54) is 250 Å².